The first-order valence-electron chi connectivity index (χ1n) is 15.2. The minimum atomic E-state index is -1.56. The van der Waals surface area contributed by atoms with E-state index in [4.69, 9.17) is 28.7 Å². The third-order valence-electron chi connectivity index (χ3n) is 7.81. The number of rotatable bonds is 17. The number of fused-ring (bicyclic) bond motifs is 1. The monoisotopic (exact) mass is 713 g/mol. The highest BCUT2D eigenvalue weighted by atomic mass is 79.9. The van der Waals surface area contributed by atoms with E-state index in [2.05, 4.69) is 27.8 Å². The van der Waals surface area contributed by atoms with Crippen molar-refractivity contribution in [3.8, 4) is 29.1 Å². The second-order valence-electron chi connectivity index (χ2n) is 11.1. The van der Waals surface area contributed by atoms with Crippen LogP contribution in [0.25, 0.3) is 10.9 Å². The molecule has 11 heteroatoms. The van der Waals surface area contributed by atoms with Gasteiger partial charge in [-0.25, -0.2) is 4.98 Å². The first-order valence-corrected chi connectivity index (χ1v) is 17.1. The summed E-state index contributed by atoms with van der Waals surface area (Å²) in [6.45, 7) is 3.25. The number of methoxy groups -OCH3 is 4. The molecule has 248 valence electrons. The van der Waals surface area contributed by atoms with Gasteiger partial charge in [-0.05, 0) is 74.3 Å². The van der Waals surface area contributed by atoms with Gasteiger partial charge in [0.1, 0.15) is 5.60 Å². The Morgan fingerprint density at radius 3 is 2.28 bits per heavy atom. The van der Waals surface area contributed by atoms with Gasteiger partial charge in [0.2, 0.25) is 17.6 Å². The number of aliphatic hydroxyl groups is 1. The second kappa shape index (κ2) is 16.5. The summed E-state index contributed by atoms with van der Waals surface area (Å²) in [5.41, 5.74) is 1.16. The molecule has 2 aromatic heterocycles. The van der Waals surface area contributed by atoms with Crippen molar-refractivity contribution >= 4 is 38.6 Å². The smallest absolute Gasteiger partial charge is 0.217 e. The van der Waals surface area contributed by atoms with E-state index in [1.54, 1.807) is 40.6 Å². The molecule has 2 aromatic carbocycles. The molecule has 2 unspecified atom stereocenters. The van der Waals surface area contributed by atoms with Crippen molar-refractivity contribution < 1.29 is 28.8 Å². The Bertz CT molecular complexity index is 1580. The second-order valence-corrected chi connectivity index (χ2v) is 13.4. The van der Waals surface area contributed by atoms with Gasteiger partial charge in [0.15, 0.2) is 11.5 Å². The van der Waals surface area contributed by atoms with Crippen molar-refractivity contribution in [2.75, 3.05) is 67.2 Å². The molecule has 0 fully saturated rings. The Balaban J connectivity index is 2.05. The number of para-hydroxylation sites is 1. The Labute approximate surface area is 284 Å². The Morgan fingerprint density at radius 2 is 1.65 bits per heavy atom. The highest BCUT2D eigenvalue weighted by Crippen LogP contribution is 2.52. The van der Waals surface area contributed by atoms with E-state index in [0.29, 0.717) is 65.4 Å². The van der Waals surface area contributed by atoms with Crippen molar-refractivity contribution in [3.63, 3.8) is 0 Å². The molecule has 0 aliphatic heterocycles. The minimum absolute atomic E-state index is 0.318. The standard InChI is InChI=1S/C35H44BrN3O6S/c1-8-46-18-10-17-45-29-12-9-11-26(33(29)43-6)32(27-20-23-19-25(36)13-14-28(23)37-34(27)44-7)35(40,15-16-39(2)3)24-21-30(41-4)38-31(22-24)42-5/h9,11-14,19-22,32,40H,8,10,15-18H2,1-7H3. The van der Waals surface area contributed by atoms with Crippen LogP contribution in [0.5, 0.6) is 29.1 Å². The number of aromatic nitrogens is 2. The number of nitrogens with zero attached hydrogens (tertiary/aromatic N) is 3. The lowest BCUT2D eigenvalue weighted by atomic mass is 9.71. The average Bonchev–Trinajstić information content (AvgIpc) is 3.06. The molecule has 2 atom stereocenters. The van der Waals surface area contributed by atoms with Crippen molar-refractivity contribution in [1.82, 2.24) is 14.9 Å². The van der Waals surface area contributed by atoms with Crippen LogP contribution < -0.4 is 23.7 Å². The van der Waals surface area contributed by atoms with E-state index in [-0.39, 0.29) is 0 Å². The number of pyridine rings is 2. The van der Waals surface area contributed by atoms with Crippen molar-refractivity contribution in [2.45, 2.75) is 31.3 Å². The van der Waals surface area contributed by atoms with Crippen molar-refractivity contribution in [1.29, 1.82) is 0 Å². The predicted octanol–water partition coefficient (Wildman–Crippen LogP) is 6.92. The van der Waals surface area contributed by atoms with Crippen LogP contribution in [0.1, 0.15) is 42.4 Å². The van der Waals surface area contributed by atoms with Gasteiger partial charge in [-0.2, -0.15) is 16.7 Å². The fourth-order valence-corrected chi connectivity index (χ4v) is 6.56. The van der Waals surface area contributed by atoms with Gasteiger partial charge < -0.3 is 33.7 Å². The van der Waals surface area contributed by atoms with Gasteiger partial charge in [-0.15, -0.1) is 0 Å². The van der Waals surface area contributed by atoms with Gasteiger partial charge in [0, 0.05) is 39.7 Å². The fraction of sp³-hybridized carbons (Fsp3) is 0.429. The summed E-state index contributed by atoms with van der Waals surface area (Å²) in [5.74, 6) is 3.48. The molecule has 46 heavy (non-hydrogen) atoms. The molecule has 2 heterocycles. The molecule has 4 rings (SSSR count). The van der Waals surface area contributed by atoms with E-state index in [9.17, 15) is 5.11 Å². The Hall–Kier alpha value is -3.25. The van der Waals surface area contributed by atoms with Crippen molar-refractivity contribution in [3.05, 3.63) is 75.8 Å². The summed E-state index contributed by atoms with van der Waals surface area (Å²) in [7, 11) is 10.3. The number of hydrogen-bond donors (Lipinski definition) is 1. The lowest BCUT2D eigenvalue weighted by molar-refractivity contribution is 0.00266. The van der Waals surface area contributed by atoms with Gasteiger partial charge in [-0.1, -0.05) is 35.0 Å². The van der Waals surface area contributed by atoms with Crippen LogP contribution in [0.3, 0.4) is 0 Å². The van der Waals surface area contributed by atoms with E-state index in [0.717, 1.165) is 33.3 Å². The quantitative estimate of drug-likeness (QED) is 0.116. The van der Waals surface area contributed by atoms with Crippen molar-refractivity contribution in [2.24, 2.45) is 0 Å². The van der Waals surface area contributed by atoms with Gasteiger partial charge >= 0.3 is 0 Å². The highest BCUT2D eigenvalue weighted by molar-refractivity contribution is 9.10. The molecular formula is C35H44BrN3O6S. The van der Waals surface area contributed by atoms with Crippen LogP contribution >= 0.6 is 27.7 Å². The van der Waals surface area contributed by atoms with E-state index in [1.807, 2.05) is 73.2 Å². The summed E-state index contributed by atoms with van der Waals surface area (Å²) in [5, 5.41) is 14.2. The van der Waals surface area contributed by atoms with Gasteiger partial charge in [0.05, 0.1) is 46.5 Å². The predicted molar refractivity (Wildman–Crippen MR) is 188 cm³/mol. The topological polar surface area (TPSA) is 95.4 Å². The number of thioether (sulfide) groups is 1. The highest BCUT2D eigenvalue weighted by Gasteiger charge is 2.45. The molecule has 0 aliphatic carbocycles. The summed E-state index contributed by atoms with van der Waals surface area (Å²) in [4.78, 5) is 11.4. The number of halogens is 1. The van der Waals surface area contributed by atoms with Crippen LogP contribution in [0.2, 0.25) is 0 Å². The van der Waals surface area contributed by atoms with Gasteiger partial charge in [0.25, 0.3) is 0 Å². The molecule has 0 radical (unpaired) electrons. The molecule has 1 N–H and O–H groups in total. The van der Waals surface area contributed by atoms with Crippen LogP contribution in [0.15, 0.2) is 59.1 Å². The summed E-state index contributed by atoms with van der Waals surface area (Å²) >= 11 is 5.49. The molecule has 0 bridgehead atoms. The SMILES string of the molecule is CCSCCCOc1cccc(C(c2cc3cc(Br)ccc3nc2OC)C(O)(CCN(C)C)c2cc(OC)nc(OC)c2)c1OC. The molecule has 0 amide bonds. The lowest BCUT2D eigenvalue weighted by Gasteiger charge is -2.39. The first-order chi connectivity index (χ1) is 22.2. The van der Waals surface area contributed by atoms with E-state index >= 15 is 0 Å². The maximum atomic E-state index is 13.3. The fourth-order valence-electron chi connectivity index (χ4n) is 5.57. The zero-order valence-electron chi connectivity index (χ0n) is 27.6. The zero-order chi connectivity index (χ0) is 33.3. The molecule has 4 aromatic rings. The van der Waals surface area contributed by atoms with Crippen LogP contribution in [-0.2, 0) is 5.60 Å². The molecule has 0 saturated heterocycles. The molecular weight excluding hydrogens is 670 g/mol. The van der Waals surface area contributed by atoms with Crippen LogP contribution in [0, 0.1) is 0 Å². The minimum Gasteiger partial charge on any atom is -0.493 e. The largest absolute Gasteiger partial charge is 0.493 e. The third-order valence-corrected chi connectivity index (χ3v) is 9.29. The lowest BCUT2D eigenvalue weighted by Crippen LogP contribution is -2.38. The van der Waals surface area contributed by atoms with Gasteiger partial charge in [-0.3, -0.25) is 0 Å². The maximum absolute atomic E-state index is 13.3. The molecule has 0 aliphatic rings. The summed E-state index contributed by atoms with van der Waals surface area (Å²) < 4.78 is 30.4. The average molecular weight is 715 g/mol. The Kier molecular flexibility index (Phi) is 12.8. The Morgan fingerprint density at radius 1 is 0.913 bits per heavy atom. The van der Waals surface area contributed by atoms with E-state index < -0.39 is 11.5 Å². The number of hydrogen-bond acceptors (Lipinski definition) is 10. The maximum Gasteiger partial charge on any atom is 0.217 e. The molecule has 0 spiro atoms. The molecule has 0 saturated carbocycles. The number of ether oxygens (including phenoxy) is 5. The normalized spacial score (nSPS) is 13.3. The van der Waals surface area contributed by atoms with Crippen LogP contribution in [-0.4, -0.2) is 87.2 Å². The third kappa shape index (κ3) is 8.17. The van der Waals surface area contributed by atoms with Crippen LogP contribution in [0.4, 0.5) is 0 Å². The summed E-state index contributed by atoms with van der Waals surface area (Å²) in [6.07, 6.45) is 1.22. The molecule has 9 nitrogen and oxygen atoms in total. The zero-order valence-corrected chi connectivity index (χ0v) is 30.0. The van der Waals surface area contributed by atoms with E-state index in [1.165, 1.54) is 0 Å². The summed E-state index contributed by atoms with van der Waals surface area (Å²) in [6, 6.07) is 17.2. The first kappa shape index (κ1) is 35.6. The number of benzene rings is 2.